The number of carbonyl (C=O) groups excluding carboxylic acids is 1. The van der Waals surface area contributed by atoms with Crippen LogP contribution in [0.25, 0.3) is 0 Å². The van der Waals surface area contributed by atoms with Crippen LogP contribution in [0.4, 0.5) is 0 Å². The number of primary amides is 1. The molecule has 1 heterocycles. The lowest BCUT2D eigenvalue weighted by Gasteiger charge is -2.37. The van der Waals surface area contributed by atoms with Crippen LogP contribution in [0.3, 0.4) is 0 Å². The van der Waals surface area contributed by atoms with Crippen molar-refractivity contribution < 1.29 is 4.79 Å². The third-order valence-corrected chi connectivity index (χ3v) is 3.74. The first-order valence-corrected chi connectivity index (χ1v) is 6.69. The summed E-state index contributed by atoms with van der Waals surface area (Å²) in [5.41, 5.74) is 5.85. The number of carbonyl (C=O) groups is 1. The topological polar surface area (TPSA) is 58.4 Å². The van der Waals surface area contributed by atoms with E-state index in [0.29, 0.717) is 5.41 Å². The minimum atomic E-state index is -0.232. The molecule has 0 aromatic carbocycles. The van der Waals surface area contributed by atoms with Crippen LogP contribution in [0.15, 0.2) is 0 Å². The van der Waals surface area contributed by atoms with E-state index < -0.39 is 0 Å². The molecule has 4 nitrogen and oxygen atoms in total. The average Bonchev–Trinajstić information content (AvgIpc) is 2.25. The van der Waals surface area contributed by atoms with Gasteiger partial charge in [0.25, 0.3) is 0 Å². The summed E-state index contributed by atoms with van der Waals surface area (Å²) in [6.45, 7) is 10.7. The Morgan fingerprint density at radius 3 is 2.47 bits per heavy atom. The molecule has 0 saturated carbocycles. The number of likely N-dealkylation sites (N-methyl/N-ethyl adjacent to an activating group) is 1. The quantitative estimate of drug-likeness (QED) is 0.728. The highest BCUT2D eigenvalue weighted by Crippen LogP contribution is 2.29. The van der Waals surface area contributed by atoms with Crippen molar-refractivity contribution in [1.82, 2.24) is 10.2 Å². The molecule has 17 heavy (non-hydrogen) atoms. The summed E-state index contributed by atoms with van der Waals surface area (Å²) in [5, 5.41) is 3.14. The lowest BCUT2D eigenvalue weighted by Crippen LogP contribution is -2.45. The summed E-state index contributed by atoms with van der Waals surface area (Å²) in [6.07, 6.45) is 3.31. The summed E-state index contributed by atoms with van der Waals surface area (Å²) in [5.74, 6) is -0.232. The van der Waals surface area contributed by atoms with Gasteiger partial charge in [-0.15, -0.1) is 0 Å². The number of hydrogen-bond donors (Lipinski definition) is 2. The predicted octanol–water partition coefficient (Wildman–Crippen LogP) is 0.962. The van der Waals surface area contributed by atoms with E-state index in [1.807, 2.05) is 6.92 Å². The zero-order valence-corrected chi connectivity index (χ0v) is 11.5. The van der Waals surface area contributed by atoms with E-state index in [1.165, 1.54) is 12.8 Å². The van der Waals surface area contributed by atoms with Crippen LogP contribution in [-0.2, 0) is 4.79 Å². The molecule has 0 aromatic heterocycles. The minimum absolute atomic E-state index is 0.171. The third kappa shape index (κ3) is 5.04. The Morgan fingerprint density at radius 1 is 1.41 bits per heavy atom. The molecular weight excluding hydrogens is 214 g/mol. The lowest BCUT2D eigenvalue weighted by atomic mass is 9.82. The number of piperidine rings is 1. The molecule has 3 N–H and O–H groups in total. The van der Waals surface area contributed by atoms with E-state index in [9.17, 15) is 4.79 Å². The second kappa shape index (κ2) is 6.36. The van der Waals surface area contributed by atoms with Crippen LogP contribution in [0.1, 0.15) is 40.0 Å². The van der Waals surface area contributed by atoms with Crippen molar-refractivity contribution in [3.63, 3.8) is 0 Å². The number of nitrogens with one attached hydrogen (secondary N) is 1. The highest BCUT2D eigenvalue weighted by Gasteiger charge is 2.25. The Hall–Kier alpha value is -0.610. The van der Waals surface area contributed by atoms with Crippen LogP contribution >= 0.6 is 0 Å². The van der Waals surface area contributed by atoms with E-state index in [0.717, 1.165) is 32.6 Å². The maximum absolute atomic E-state index is 11.2. The summed E-state index contributed by atoms with van der Waals surface area (Å²) in [7, 11) is 0. The highest BCUT2D eigenvalue weighted by molar-refractivity contribution is 5.79. The fourth-order valence-electron chi connectivity index (χ4n) is 2.28. The molecule has 1 aliphatic rings. The van der Waals surface area contributed by atoms with Crippen LogP contribution in [0, 0.1) is 5.41 Å². The monoisotopic (exact) mass is 241 g/mol. The summed E-state index contributed by atoms with van der Waals surface area (Å²) >= 11 is 0. The van der Waals surface area contributed by atoms with E-state index in [1.54, 1.807) is 0 Å². The molecule has 4 heteroatoms. The van der Waals surface area contributed by atoms with Crippen molar-refractivity contribution in [3.05, 3.63) is 0 Å². The predicted molar refractivity (Wildman–Crippen MR) is 70.7 cm³/mol. The molecule has 1 rings (SSSR count). The van der Waals surface area contributed by atoms with Crippen molar-refractivity contribution in [2.45, 2.75) is 46.1 Å². The average molecular weight is 241 g/mol. The van der Waals surface area contributed by atoms with E-state index >= 15 is 0 Å². The Morgan fingerprint density at radius 2 is 2.00 bits per heavy atom. The zero-order chi connectivity index (χ0) is 12.9. The number of hydrogen-bond acceptors (Lipinski definition) is 3. The molecule has 0 spiro atoms. The van der Waals surface area contributed by atoms with Crippen molar-refractivity contribution in [2.24, 2.45) is 11.1 Å². The molecule has 0 aliphatic carbocycles. The Balaban J connectivity index is 2.28. The molecule has 0 bridgehead atoms. The molecule has 1 unspecified atom stereocenters. The van der Waals surface area contributed by atoms with Gasteiger partial charge in [-0.2, -0.15) is 0 Å². The zero-order valence-electron chi connectivity index (χ0n) is 11.5. The highest BCUT2D eigenvalue weighted by atomic mass is 16.1. The van der Waals surface area contributed by atoms with Gasteiger partial charge in [0, 0.05) is 6.54 Å². The Bertz CT molecular complexity index is 243. The van der Waals surface area contributed by atoms with Gasteiger partial charge in [-0.1, -0.05) is 20.8 Å². The fraction of sp³-hybridized carbons (Fsp3) is 0.923. The van der Waals surface area contributed by atoms with Crippen LogP contribution in [0.2, 0.25) is 0 Å². The summed E-state index contributed by atoms with van der Waals surface area (Å²) in [4.78, 5) is 13.6. The molecule has 1 saturated heterocycles. The van der Waals surface area contributed by atoms with Crippen molar-refractivity contribution in [2.75, 3.05) is 26.2 Å². The second-order valence-corrected chi connectivity index (χ2v) is 5.81. The van der Waals surface area contributed by atoms with Gasteiger partial charge in [0.15, 0.2) is 0 Å². The largest absolute Gasteiger partial charge is 0.368 e. The lowest BCUT2D eigenvalue weighted by molar-refractivity contribution is -0.120. The van der Waals surface area contributed by atoms with Gasteiger partial charge in [-0.3, -0.25) is 4.79 Å². The molecule has 0 aromatic rings. The SMILES string of the molecule is CCNC(CCN1CCC(C)(C)CC1)C(N)=O. The first-order valence-electron chi connectivity index (χ1n) is 6.69. The first-order chi connectivity index (χ1) is 7.94. The van der Waals surface area contributed by atoms with Crippen LogP contribution in [0.5, 0.6) is 0 Å². The first kappa shape index (κ1) is 14.5. The number of likely N-dealkylation sites (tertiary alicyclic amines) is 1. The fourth-order valence-corrected chi connectivity index (χ4v) is 2.28. The van der Waals surface area contributed by atoms with Crippen molar-refractivity contribution in [1.29, 1.82) is 0 Å². The number of nitrogens with zero attached hydrogens (tertiary/aromatic N) is 1. The van der Waals surface area contributed by atoms with E-state index in [-0.39, 0.29) is 11.9 Å². The molecule has 1 atom stereocenters. The van der Waals surface area contributed by atoms with Gasteiger partial charge >= 0.3 is 0 Å². The normalized spacial score (nSPS) is 22.3. The standard InChI is InChI=1S/C13H27N3O/c1-4-15-11(12(14)17)5-8-16-9-6-13(2,3)7-10-16/h11,15H,4-10H2,1-3H3,(H2,14,17). The minimum Gasteiger partial charge on any atom is -0.368 e. The van der Waals surface area contributed by atoms with Crippen molar-refractivity contribution in [3.8, 4) is 0 Å². The molecule has 1 fully saturated rings. The molecule has 0 radical (unpaired) electrons. The van der Waals surface area contributed by atoms with Crippen LogP contribution < -0.4 is 11.1 Å². The van der Waals surface area contributed by atoms with Crippen molar-refractivity contribution >= 4 is 5.91 Å². The number of amides is 1. The smallest absolute Gasteiger partial charge is 0.234 e. The number of nitrogens with two attached hydrogens (primary N) is 1. The van der Waals surface area contributed by atoms with Gasteiger partial charge in [0.2, 0.25) is 5.91 Å². The summed E-state index contributed by atoms with van der Waals surface area (Å²) in [6, 6.07) is -0.171. The second-order valence-electron chi connectivity index (χ2n) is 5.81. The Kier molecular flexibility index (Phi) is 5.40. The van der Waals surface area contributed by atoms with Gasteiger partial charge in [0.1, 0.15) is 0 Å². The van der Waals surface area contributed by atoms with Gasteiger partial charge in [-0.25, -0.2) is 0 Å². The maximum atomic E-state index is 11.2. The number of rotatable bonds is 6. The molecule has 1 amide bonds. The molecule has 100 valence electrons. The van der Waals surface area contributed by atoms with Gasteiger partial charge < -0.3 is 16.0 Å². The van der Waals surface area contributed by atoms with Gasteiger partial charge in [-0.05, 0) is 44.3 Å². The third-order valence-electron chi connectivity index (χ3n) is 3.74. The van der Waals surface area contributed by atoms with Gasteiger partial charge in [0.05, 0.1) is 6.04 Å². The maximum Gasteiger partial charge on any atom is 0.234 e. The van der Waals surface area contributed by atoms with Crippen LogP contribution in [-0.4, -0.2) is 43.0 Å². The van der Waals surface area contributed by atoms with E-state index in [2.05, 4.69) is 24.1 Å². The molecular formula is C13H27N3O. The van der Waals surface area contributed by atoms with E-state index in [4.69, 9.17) is 5.73 Å². The summed E-state index contributed by atoms with van der Waals surface area (Å²) < 4.78 is 0. The molecule has 1 aliphatic heterocycles. The Labute approximate surface area is 105 Å².